The lowest BCUT2D eigenvalue weighted by atomic mass is 10.3. The van der Waals surface area contributed by atoms with E-state index in [1.165, 1.54) is 0 Å². The Balaban J connectivity index is 2.74. The summed E-state index contributed by atoms with van der Waals surface area (Å²) in [6, 6.07) is 1.95. The molecule has 1 rings (SSSR count). The summed E-state index contributed by atoms with van der Waals surface area (Å²) in [4.78, 5) is 0. The van der Waals surface area contributed by atoms with Crippen molar-refractivity contribution in [2.24, 2.45) is 0 Å². The Morgan fingerprint density at radius 2 is 2.56 bits per heavy atom. The molecule has 0 fully saturated rings. The first-order chi connectivity index (χ1) is 4.36. The largest absolute Gasteiger partial charge is 0.360 e. The van der Waals surface area contributed by atoms with Crippen molar-refractivity contribution in [3.63, 3.8) is 0 Å². The zero-order chi connectivity index (χ0) is 6.69. The second kappa shape index (κ2) is 3.01. The lowest BCUT2D eigenvalue weighted by Crippen LogP contribution is -1.74. The minimum atomic E-state index is 0.750. The quantitative estimate of drug-likeness (QED) is 0.667. The van der Waals surface area contributed by atoms with Gasteiger partial charge in [0.25, 0.3) is 0 Å². The monoisotopic (exact) mass is 189 g/mol. The Bertz CT molecular complexity index is 166. The molecule has 0 saturated heterocycles. The third kappa shape index (κ3) is 1.55. The fourth-order valence-electron chi connectivity index (χ4n) is 0.585. The van der Waals surface area contributed by atoms with E-state index in [-0.39, 0.29) is 0 Å². The molecule has 0 saturated carbocycles. The van der Waals surface area contributed by atoms with E-state index in [4.69, 9.17) is 4.52 Å². The Hall–Kier alpha value is -0.310. The van der Waals surface area contributed by atoms with Crippen molar-refractivity contribution in [3.8, 4) is 0 Å². The molecule has 0 bridgehead atoms. The maximum atomic E-state index is 4.91. The van der Waals surface area contributed by atoms with Gasteiger partial charge in [-0.15, -0.1) is 0 Å². The van der Waals surface area contributed by atoms with Crippen molar-refractivity contribution in [1.82, 2.24) is 5.16 Å². The van der Waals surface area contributed by atoms with Crippen LogP contribution in [0.1, 0.15) is 18.4 Å². The van der Waals surface area contributed by atoms with Gasteiger partial charge in [0, 0.05) is 6.07 Å². The summed E-state index contributed by atoms with van der Waals surface area (Å²) in [6.45, 7) is 2.05. The van der Waals surface area contributed by atoms with Crippen molar-refractivity contribution < 1.29 is 4.52 Å². The van der Waals surface area contributed by atoms with Crippen LogP contribution in [0.2, 0.25) is 0 Å². The van der Waals surface area contributed by atoms with Crippen LogP contribution in [0.3, 0.4) is 0 Å². The first kappa shape index (κ1) is 6.81. The lowest BCUT2D eigenvalue weighted by molar-refractivity contribution is 0.389. The smallest absolute Gasteiger partial charge is 0.147 e. The third-order valence-corrected chi connectivity index (χ3v) is 1.65. The highest BCUT2D eigenvalue weighted by atomic mass is 79.9. The van der Waals surface area contributed by atoms with Gasteiger partial charge in [-0.1, -0.05) is 28.0 Å². The van der Waals surface area contributed by atoms with E-state index in [1.807, 2.05) is 6.07 Å². The molecule has 0 atom stereocenters. The van der Waals surface area contributed by atoms with Gasteiger partial charge in [-0.05, 0) is 6.42 Å². The lowest BCUT2D eigenvalue weighted by Gasteiger charge is -1.76. The third-order valence-electron chi connectivity index (χ3n) is 1.10. The molecule has 0 aromatic carbocycles. The standard InChI is InChI=1S/C6H8BrNO/c1-2-5-3-6(4-7)9-8-5/h3H,2,4H2,1H3. The Kier molecular flexibility index (Phi) is 2.28. The van der Waals surface area contributed by atoms with Gasteiger partial charge in [0.05, 0.1) is 11.0 Å². The number of aryl methyl sites for hydroxylation is 1. The van der Waals surface area contributed by atoms with Gasteiger partial charge >= 0.3 is 0 Å². The molecule has 1 aromatic heterocycles. The number of rotatable bonds is 2. The van der Waals surface area contributed by atoms with Gasteiger partial charge in [0.15, 0.2) is 0 Å². The predicted octanol–water partition coefficient (Wildman–Crippen LogP) is 2.13. The molecule has 0 aliphatic carbocycles. The Morgan fingerprint density at radius 3 is 2.89 bits per heavy atom. The molecule has 1 heterocycles. The van der Waals surface area contributed by atoms with Crippen molar-refractivity contribution in [2.75, 3.05) is 0 Å². The van der Waals surface area contributed by atoms with Crippen LogP contribution in [0.15, 0.2) is 10.6 Å². The van der Waals surface area contributed by atoms with Gasteiger partial charge in [-0.3, -0.25) is 0 Å². The number of aromatic nitrogens is 1. The van der Waals surface area contributed by atoms with Crippen LogP contribution in [0.4, 0.5) is 0 Å². The van der Waals surface area contributed by atoms with Gasteiger partial charge in [0.1, 0.15) is 5.76 Å². The number of nitrogens with zero attached hydrogens (tertiary/aromatic N) is 1. The molecule has 0 aliphatic rings. The Labute approximate surface area is 62.4 Å². The zero-order valence-corrected chi connectivity index (χ0v) is 6.81. The van der Waals surface area contributed by atoms with Crippen LogP contribution < -0.4 is 0 Å². The van der Waals surface area contributed by atoms with E-state index in [2.05, 4.69) is 28.0 Å². The fraction of sp³-hybridized carbons (Fsp3) is 0.500. The van der Waals surface area contributed by atoms with Crippen LogP contribution in [-0.2, 0) is 11.8 Å². The highest BCUT2D eigenvalue weighted by molar-refractivity contribution is 9.08. The molecule has 1 aromatic rings. The van der Waals surface area contributed by atoms with Crippen molar-refractivity contribution in [3.05, 3.63) is 17.5 Å². The molecule has 0 radical (unpaired) electrons. The van der Waals surface area contributed by atoms with E-state index in [0.29, 0.717) is 0 Å². The zero-order valence-electron chi connectivity index (χ0n) is 5.22. The first-order valence-corrected chi connectivity index (χ1v) is 3.99. The predicted molar refractivity (Wildman–Crippen MR) is 38.5 cm³/mol. The van der Waals surface area contributed by atoms with Crippen molar-refractivity contribution >= 4 is 15.9 Å². The molecule has 0 N–H and O–H groups in total. The average molecular weight is 190 g/mol. The van der Waals surface area contributed by atoms with Gasteiger partial charge in [-0.25, -0.2) is 0 Å². The SMILES string of the molecule is CCc1cc(CBr)on1. The Morgan fingerprint density at radius 1 is 1.78 bits per heavy atom. The molecule has 50 valence electrons. The molecular formula is C6H8BrNO. The van der Waals surface area contributed by atoms with E-state index >= 15 is 0 Å². The molecule has 0 aliphatic heterocycles. The van der Waals surface area contributed by atoms with E-state index in [1.54, 1.807) is 0 Å². The first-order valence-electron chi connectivity index (χ1n) is 2.87. The topological polar surface area (TPSA) is 26.0 Å². The van der Waals surface area contributed by atoms with Crippen molar-refractivity contribution in [1.29, 1.82) is 0 Å². The van der Waals surface area contributed by atoms with Crippen LogP contribution in [-0.4, -0.2) is 5.16 Å². The van der Waals surface area contributed by atoms with Gasteiger partial charge in [-0.2, -0.15) is 0 Å². The second-order valence-corrected chi connectivity index (χ2v) is 2.33. The number of alkyl halides is 1. The van der Waals surface area contributed by atoms with E-state index < -0.39 is 0 Å². The summed E-state index contributed by atoms with van der Waals surface area (Å²) < 4.78 is 4.91. The maximum Gasteiger partial charge on any atom is 0.147 e. The molecule has 0 spiro atoms. The summed E-state index contributed by atoms with van der Waals surface area (Å²) in [6.07, 6.45) is 0.941. The normalized spacial score (nSPS) is 10.0. The molecule has 9 heavy (non-hydrogen) atoms. The minimum Gasteiger partial charge on any atom is -0.360 e. The van der Waals surface area contributed by atoms with Gasteiger partial charge < -0.3 is 4.52 Å². The fourth-order valence-corrected chi connectivity index (χ4v) is 0.850. The molecule has 2 nitrogen and oxygen atoms in total. The summed E-state index contributed by atoms with van der Waals surface area (Å²) in [5.74, 6) is 0.895. The van der Waals surface area contributed by atoms with Crippen LogP contribution in [0.5, 0.6) is 0 Å². The summed E-state index contributed by atoms with van der Waals surface area (Å²) >= 11 is 3.27. The number of hydrogen-bond acceptors (Lipinski definition) is 2. The van der Waals surface area contributed by atoms with Gasteiger partial charge in [0.2, 0.25) is 0 Å². The summed E-state index contributed by atoms with van der Waals surface area (Å²) in [5, 5.41) is 4.55. The molecular weight excluding hydrogens is 182 g/mol. The second-order valence-electron chi connectivity index (χ2n) is 1.77. The highest BCUT2D eigenvalue weighted by Gasteiger charge is 1.97. The number of hydrogen-bond donors (Lipinski definition) is 0. The summed E-state index contributed by atoms with van der Waals surface area (Å²) in [5.41, 5.74) is 1.02. The van der Waals surface area contributed by atoms with Crippen LogP contribution in [0, 0.1) is 0 Å². The van der Waals surface area contributed by atoms with Crippen LogP contribution in [0.25, 0.3) is 0 Å². The molecule has 0 unspecified atom stereocenters. The van der Waals surface area contributed by atoms with Crippen LogP contribution >= 0.6 is 15.9 Å². The average Bonchev–Trinajstić information content (AvgIpc) is 2.34. The van der Waals surface area contributed by atoms with E-state index in [0.717, 1.165) is 23.2 Å². The number of halogens is 1. The molecule has 3 heteroatoms. The minimum absolute atomic E-state index is 0.750. The summed E-state index contributed by atoms with van der Waals surface area (Å²) in [7, 11) is 0. The molecule has 0 amide bonds. The van der Waals surface area contributed by atoms with E-state index in [9.17, 15) is 0 Å². The maximum absolute atomic E-state index is 4.91. The highest BCUT2D eigenvalue weighted by Crippen LogP contribution is 2.07. The van der Waals surface area contributed by atoms with Crippen molar-refractivity contribution in [2.45, 2.75) is 18.7 Å².